The Balaban J connectivity index is 1.98. The van der Waals surface area contributed by atoms with E-state index < -0.39 is 0 Å². The maximum Gasteiger partial charge on any atom is 0.200 e. The molecule has 136 valence electrons. The van der Waals surface area contributed by atoms with E-state index in [1.165, 1.54) is 25.6 Å². The summed E-state index contributed by atoms with van der Waals surface area (Å²) in [6.07, 6.45) is 1.68. The third kappa shape index (κ3) is 4.05. The number of aromatic hydroxyl groups is 1. The third-order valence-electron chi connectivity index (χ3n) is 3.81. The zero-order valence-electron chi connectivity index (χ0n) is 14.6. The molecule has 0 unspecified atom stereocenters. The van der Waals surface area contributed by atoms with Crippen molar-refractivity contribution in [3.05, 3.63) is 57.4 Å². The minimum atomic E-state index is -0.0880. The number of methoxy groups -OCH3 is 2. The highest BCUT2D eigenvalue weighted by Gasteiger charge is 2.13. The number of ether oxygens (including phenoxy) is 2. The first-order valence-electron chi connectivity index (χ1n) is 7.84. The van der Waals surface area contributed by atoms with Gasteiger partial charge in [-0.05, 0) is 35.9 Å². The minimum absolute atomic E-state index is 0.0880. The smallest absolute Gasteiger partial charge is 0.200 e. The molecule has 1 aromatic heterocycles. The summed E-state index contributed by atoms with van der Waals surface area (Å²) in [5.41, 5.74) is 2.75. The second-order valence-electron chi connectivity index (χ2n) is 5.49. The predicted molar refractivity (Wildman–Crippen MR) is 107 cm³/mol. The first-order chi connectivity index (χ1) is 13.0. The van der Waals surface area contributed by atoms with Crippen molar-refractivity contribution in [2.24, 2.45) is 0 Å². The summed E-state index contributed by atoms with van der Waals surface area (Å²) in [5.74, 6) is 0.438. The van der Waals surface area contributed by atoms with Gasteiger partial charge in [-0.3, -0.25) is 0 Å². The summed E-state index contributed by atoms with van der Waals surface area (Å²) in [6.45, 7) is 0. The molecule has 3 aromatic rings. The van der Waals surface area contributed by atoms with E-state index in [-0.39, 0.29) is 17.2 Å². The van der Waals surface area contributed by atoms with Gasteiger partial charge in [0.2, 0.25) is 5.75 Å². The number of nitrogens with zero attached hydrogens (tertiary/aromatic N) is 2. The Bertz CT molecular complexity index is 1010. The minimum Gasteiger partial charge on any atom is -0.502 e. The zero-order valence-corrected chi connectivity index (χ0v) is 16.1. The number of aromatic nitrogens is 1. The molecule has 3 rings (SSSR count). The molecule has 2 aromatic carbocycles. The number of hydrogen-bond donors (Lipinski definition) is 1. The lowest BCUT2D eigenvalue weighted by Crippen LogP contribution is -1.90. The number of allylic oxidation sites excluding steroid dienone is 1. The Morgan fingerprint density at radius 3 is 2.37 bits per heavy atom. The average Bonchev–Trinajstić information content (AvgIpc) is 3.17. The van der Waals surface area contributed by atoms with Crippen LogP contribution in [-0.4, -0.2) is 24.3 Å². The maximum atomic E-state index is 10.0. The number of halogens is 1. The number of rotatable bonds is 5. The van der Waals surface area contributed by atoms with Crippen molar-refractivity contribution < 1.29 is 14.6 Å². The molecule has 1 heterocycles. The predicted octanol–water partition coefficient (Wildman–Crippen LogP) is 5.25. The van der Waals surface area contributed by atoms with Crippen LogP contribution < -0.4 is 9.47 Å². The van der Waals surface area contributed by atoms with Gasteiger partial charge in [0.05, 0.1) is 25.5 Å². The van der Waals surface area contributed by atoms with E-state index in [0.717, 1.165) is 11.3 Å². The number of hydrogen-bond acceptors (Lipinski definition) is 6. The highest BCUT2D eigenvalue weighted by molar-refractivity contribution is 7.11. The molecule has 0 spiro atoms. The van der Waals surface area contributed by atoms with Crippen molar-refractivity contribution in [1.29, 1.82) is 5.26 Å². The van der Waals surface area contributed by atoms with Crippen LogP contribution in [0.4, 0.5) is 0 Å². The van der Waals surface area contributed by atoms with E-state index in [9.17, 15) is 10.4 Å². The first kappa shape index (κ1) is 18.8. The summed E-state index contributed by atoms with van der Waals surface area (Å²) >= 11 is 7.30. The molecule has 0 amide bonds. The first-order valence-corrected chi connectivity index (χ1v) is 9.10. The van der Waals surface area contributed by atoms with Gasteiger partial charge in [-0.15, -0.1) is 11.3 Å². The summed E-state index contributed by atoms with van der Waals surface area (Å²) in [6, 6.07) is 12.8. The van der Waals surface area contributed by atoms with Gasteiger partial charge in [0.15, 0.2) is 11.5 Å². The lowest BCUT2D eigenvalue weighted by Gasteiger charge is -2.09. The van der Waals surface area contributed by atoms with Crippen molar-refractivity contribution in [3.63, 3.8) is 0 Å². The Morgan fingerprint density at radius 1 is 1.19 bits per heavy atom. The summed E-state index contributed by atoms with van der Waals surface area (Å²) < 4.78 is 10.3. The van der Waals surface area contributed by atoms with Gasteiger partial charge < -0.3 is 14.6 Å². The molecule has 27 heavy (non-hydrogen) atoms. The van der Waals surface area contributed by atoms with Crippen LogP contribution >= 0.6 is 22.9 Å². The Hall–Kier alpha value is -3.01. The van der Waals surface area contributed by atoms with Gasteiger partial charge >= 0.3 is 0 Å². The standard InChI is InChI=1S/C20H15ClN2O3S/c1-25-17-8-12(9-18(26-2)19(17)24)7-14(10-22)20-23-16(11-27-20)13-3-5-15(21)6-4-13/h3-9,11,24H,1-2H3/b14-7-. The van der Waals surface area contributed by atoms with Gasteiger partial charge in [0.25, 0.3) is 0 Å². The number of benzene rings is 2. The second-order valence-corrected chi connectivity index (χ2v) is 6.78. The number of nitriles is 1. The number of phenolic OH excluding ortho intramolecular Hbond substituents is 1. The second kappa shape index (κ2) is 8.12. The Labute approximate surface area is 165 Å². The molecule has 7 heteroatoms. The summed E-state index contributed by atoms with van der Waals surface area (Å²) in [5, 5.41) is 22.7. The molecule has 0 aliphatic heterocycles. The fourth-order valence-corrected chi connectivity index (χ4v) is 3.38. The SMILES string of the molecule is COc1cc(/C=C(/C#N)c2nc(-c3ccc(Cl)cc3)cs2)cc(OC)c1O. The van der Waals surface area contributed by atoms with E-state index >= 15 is 0 Å². The number of thiazole rings is 1. The van der Waals surface area contributed by atoms with Crippen molar-refractivity contribution in [1.82, 2.24) is 4.98 Å². The van der Waals surface area contributed by atoms with E-state index in [4.69, 9.17) is 21.1 Å². The van der Waals surface area contributed by atoms with E-state index in [0.29, 0.717) is 21.2 Å². The molecule has 0 atom stereocenters. The molecule has 0 bridgehead atoms. The van der Waals surface area contributed by atoms with E-state index in [1.807, 2.05) is 17.5 Å². The van der Waals surface area contributed by atoms with Crippen molar-refractivity contribution in [3.8, 4) is 34.6 Å². The highest BCUT2D eigenvalue weighted by atomic mass is 35.5. The molecule has 0 fully saturated rings. The third-order valence-corrected chi connectivity index (χ3v) is 4.94. The fourth-order valence-electron chi connectivity index (χ4n) is 2.46. The van der Waals surface area contributed by atoms with Crippen molar-refractivity contribution in [2.45, 2.75) is 0 Å². The Morgan fingerprint density at radius 2 is 1.81 bits per heavy atom. The Kier molecular flexibility index (Phi) is 5.65. The van der Waals surface area contributed by atoms with Gasteiger partial charge in [0, 0.05) is 16.0 Å². The average molecular weight is 399 g/mol. The zero-order chi connectivity index (χ0) is 19.4. The monoisotopic (exact) mass is 398 g/mol. The summed E-state index contributed by atoms with van der Waals surface area (Å²) in [4.78, 5) is 4.55. The van der Waals surface area contributed by atoms with Crippen LogP contribution in [-0.2, 0) is 0 Å². The van der Waals surface area contributed by atoms with Gasteiger partial charge in [-0.1, -0.05) is 23.7 Å². The van der Waals surface area contributed by atoms with Crippen LogP contribution in [0.3, 0.4) is 0 Å². The molecule has 0 saturated heterocycles. The molecule has 5 nitrogen and oxygen atoms in total. The fraction of sp³-hybridized carbons (Fsp3) is 0.100. The maximum absolute atomic E-state index is 10.0. The topological polar surface area (TPSA) is 75.4 Å². The molecule has 0 saturated carbocycles. The molecule has 0 aliphatic rings. The normalized spacial score (nSPS) is 11.1. The van der Waals surface area contributed by atoms with E-state index in [1.54, 1.807) is 30.3 Å². The molecular weight excluding hydrogens is 384 g/mol. The molecule has 0 aliphatic carbocycles. The van der Waals surface area contributed by atoms with E-state index in [2.05, 4.69) is 11.1 Å². The van der Waals surface area contributed by atoms with Gasteiger partial charge in [-0.2, -0.15) is 5.26 Å². The molecule has 1 N–H and O–H groups in total. The van der Waals surface area contributed by atoms with Crippen LogP contribution in [0.5, 0.6) is 17.2 Å². The quantitative estimate of drug-likeness (QED) is 0.594. The van der Waals surface area contributed by atoms with Crippen LogP contribution in [0.25, 0.3) is 22.9 Å². The molecule has 0 radical (unpaired) electrons. The van der Waals surface area contributed by atoms with Crippen LogP contribution in [0, 0.1) is 11.3 Å². The lowest BCUT2D eigenvalue weighted by molar-refractivity contribution is 0.340. The van der Waals surface area contributed by atoms with Crippen molar-refractivity contribution in [2.75, 3.05) is 14.2 Å². The summed E-state index contributed by atoms with van der Waals surface area (Å²) in [7, 11) is 2.90. The van der Waals surface area contributed by atoms with Crippen molar-refractivity contribution >= 4 is 34.6 Å². The van der Waals surface area contributed by atoms with Crippen LogP contribution in [0.1, 0.15) is 10.6 Å². The van der Waals surface area contributed by atoms with Crippen LogP contribution in [0.2, 0.25) is 5.02 Å². The van der Waals surface area contributed by atoms with Crippen LogP contribution in [0.15, 0.2) is 41.8 Å². The van der Waals surface area contributed by atoms with Gasteiger partial charge in [0.1, 0.15) is 11.1 Å². The molecular formula is C20H15ClN2O3S. The highest BCUT2D eigenvalue weighted by Crippen LogP contribution is 2.38. The lowest BCUT2D eigenvalue weighted by atomic mass is 10.1. The number of phenols is 1. The van der Waals surface area contributed by atoms with Gasteiger partial charge in [-0.25, -0.2) is 4.98 Å². The largest absolute Gasteiger partial charge is 0.502 e.